The van der Waals surface area contributed by atoms with Crippen LogP contribution < -0.4 is 0 Å². The highest BCUT2D eigenvalue weighted by molar-refractivity contribution is 6.39. The topological polar surface area (TPSA) is 178 Å². The highest BCUT2D eigenvalue weighted by Gasteiger charge is 2.56. The van der Waals surface area contributed by atoms with Gasteiger partial charge >= 0.3 is 5.97 Å². The summed E-state index contributed by atoms with van der Waals surface area (Å²) in [7, 11) is 4.60. The SMILES string of the molecule is C=CC[C@@H]1C=CC[C@H](C)C[C@H](OC)[C@H]2O[C@@](O)(C(=O)C(=O)N3CCCC[C@H]3C(=O)O[C@H](/C(C)=C/[C@@H]3CC[C@@H](O)[C@H](OC)C3)[C@H](C)[C@@H](O)CC1=O)[C@H](C)C[C@@H]2OC. The number of cyclic esters (lactones) is 1. The molecular formula is C43H67NO12. The van der Waals surface area contributed by atoms with Gasteiger partial charge in [-0.25, -0.2) is 4.79 Å². The van der Waals surface area contributed by atoms with Crippen molar-refractivity contribution in [3.8, 4) is 0 Å². The van der Waals surface area contributed by atoms with Gasteiger partial charge in [0.25, 0.3) is 11.7 Å². The molecule has 13 nitrogen and oxygen atoms in total. The number of rotatable bonds is 7. The van der Waals surface area contributed by atoms with E-state index in [1.165, 1.54) is 19.1 Å². The molecule has 3 fully saturated rings. The number of ketones is 2. The summed E-state index contributed by atoms with van der Waals surface area (Å²) in [5.74, 6) is -7.75. The molecular weight excluding hydrogens is 722 g/mol. The number of methoxy groups -OCH3 is 3. The number of carbonyl (C=O) groups is 4. The number of Topliss-reactive ketones (excluding diaryl/α,β-unsaturated/α-hetero) is 2. The Morgan fingerprint density at radius 1 is 0.946 bits per heavy atom. The van der Waals surface area contributed by atoms with Crippen LogP contribution in [0.3, 0.4) is 0 Å². The number of piperidine rings is 1. The van der Waals surface area contributed by atoms with E-state index < -0.39 is 83.9 Å². The van der Waals surface area contributed by atoms with Crippen LogP contribution in [0.5, 0.6) is 0 Å². The van der Waals surface area contributed by atoms with E-state index in [4.69, 9.17) is 23.7 Å². The Hall–Kier alpha value is -2.78. The molecule has 0 spiro atoms. The van der Waals surface area contributed by atoms with E-state index >= 15 is 0 Å². The van der Waals surface area contributed by atoms with Gasteiger partial charge in [-0.05, 0) is 88.5 Å². The first-order chi connectivity index (χ1) is 26.6. The molecule has 3 N–H and O–H groups in total. The van der Waals surface area contributed by atoms with Crippen molar-refractivity contribution in [2.45, 2.75) is 153 Å². The molecule has 3 heterocycles. The molecule has 2 saturated heterocycles. The summed E-state index contributed by atoms with van der Waals surface area (Å²) in [5.41, 5.74) is 0.651. The van der Waals surface area contributed by atoms with Crippen LogP contribution in [-0.2, 0) is 42.9 Å². The van der Waals surface area contributed by atoms with Gasteiger partial charge in [0.1, 0.15) is 24.0 Å². The predicted octanol–water partition coefficient (Wildman–Crippen LogP) is 4.25. The molecule has 0 unspecified atom stereocenters. The first kappa shape index (κ1) is 45.9. The third-order valence-corrected chi connectivity index (χ3v) is 12.6. The Morgan fingerprint density at radius 2 is 1.62 bits per heavy atom. The van der Waals surface area contributed by atoms with Crippen LogP contribution >= 0.6 is 0 Å². The molecule has 0 aromatic rings. The Balaban J connectivity index is 1.75. The maximum absolute atomic E-state index is 14.3. The minimum Gasteiger partial charge on any atom is -0.456 e. The quantitative estimate of drug-likeness (QED) is 0.190. The molecule has 1 saturated carbocycles. The number of hydrogen-bond acceptors (Lipinski definition) is 12. The van der Waals surface area contributed by atoms with Crippen LogP contribution in [0.1, 0.15) is 98.3 Å². The fraction of sp³-hybridized carbons (Fsp3) is 0.767. The Morgan fingerprint density at radius 3 is 2.29 bits per heavy atom. The van der Waals surface area contributed by atoms with Crippen molar-refractivity contribution in [2.75, 3.05) is 27.9 Å². The first-order valence-electron chi connectivity index (χ1n) is 20.5. The number of nitrogens with zero attached hydrogens (tertiary/aromatic N) is 1. The van der Waals surface area contributed by atoms with Crippen molar-refractivity contribution in [3.63, 3.8) is 0 Å². The zero-order chi connectivity index (χ0) is 41.3. The normalized spacial score (nSPS) is 40.4. The van der Waals surface area contributed by atoms with Crippen molar-refractivity contribution in [2.24, 2.45) is 29.6 Å². The van der Waals surface area contributed by atoms with Gasteiger partial charge in [-0.15, -0.1) is 6.58 Å². The fourth-order valence-electron chi connectivity index (χ4n) is 8.98. The largest absolute Gasteiger partial charge is 0.456 e. The van der Waals surface area contributed by atoms with Crippen LogP contribution in [0.4, 0.5) is 0 Å². The number of carbonyl (C=O) groups excluding carboxylic acids is 4. The van der Waals surface area contributed by atoms with Crippen LogP contribution in [0.25, 0.3) is 0 Å². The van der Waals surface area contributed by atoms with E-state index in [1.54, 1.807) is 27.0 Å². The van der Waals surface area contributed by atoms with Crippen molar-refractivity contribution >= 4 is 23.4 Å². The van der Waals surface area contributed by atoms with Crippen LogP contribution in [0.15, 0.2) is 36.5 Å². The highest BCUT2D eigenvalue weighted by Crippen LogP contribution is 2.39. The van der Waals surface area contributed by atoms with E-state index in [1.807, 2.05) is 32.1 Å². The Bertz CT molecular complexity index is 1430. The zero-order valence-electron chi connectivity index (χ0n) is 34.5. The van der Waals surface area contributed by atoms with E-state index in [2.05, 4.69) is 6.58 Å². The maximum atomic E-state index is 14.3. The summed E-state index contributed by atoms with van der Waals surface area (Å²) < 4.78 is 29.6. The second kappa shape index (κ2) is 20.8. The summed E-state index contributed by atoms with van der Waals surface area (Å²) in [5, 5.41) is 34.0. The van der Waals surface area contributed by atoms with E-state index in [0.717, 1.165) is 0 Å². The van der Waals surface area contributed by atoms with Crippen LogP contribution in [0.2, 0.25) is 0 Å². The summed E-state index contributed by atoms with van der Waals surface area (Å²) in [6.45, 7) is 11.1. The second-order valence-corrected chi connectivity index (χ2v) is 16.7. The number of amides is 1. The number of esters is 1. The zero-order valence-corrected chi connectivity index (χ0v) is 34.5. The van der Waals surface area contributed by atoms with Crippen LogP contribution in [-0.4, -0.2) is 126 Å². The van der Waals surface area contributed by atoms with Crippen molar-refractivity contribution in [1.82, 2.24) is 4.90 Å². The van der Waals surface area contributed by atoms with Crippen molar-refractivity contribution < 1.29 is 58.2 Å². The molecule has 0 radical (unpaired) electrons. The van der Waals surface area contributed by atoms with E-state index in [9.17, 15) is 34.5 Å². The molecule has 4 rings (SSSR count). The van der Waals surface area contributed by atoms with Crippen LogP contribution in [0, 0.1) is 29.6 Å². The average molecular weight is 790 g/mol. The smallest absolute Gasteiger partial charge is 0.329 e. The van der Waals surface area contributed by atoms with Gasteiger partial charge in [0.05, 0.1) is 30.5 Å². The molecule has 4 aliphatic rings. The number of allylic oxidation sites excluding steroid dienone is 4. The molecule has 1 aliphatic carbocycles. The lowest BCUT2D eigenvalue weighted by Crippen LogP contribution is -2.64. The molecule has 316 valence electrons. The number of fused-ring (bicyclic) bond motifs is 3. The Labute approximate surface area is 332 Å². The van der Waals surface area contributed by atoms with Gasteiger partial charge in [-0.2, -0.15) is 0 Å². The predicted molar refractivity (Wildman–Crippen MR) is 208 cm³/mol. The monoisotopic (exact) mass is 789 g/mol. The molecule has 0 aromatic carbocycles. The minimum absolute atomic E-state index is 0.00879. The molecule has 56 heavy (non-hydrogen) atoms. The number of aliphatic hydroxyl groups is 3. The molecule has 1 amide bonds. The fourth-order valence-corrected chi connectivity index (χ4v) is 8.98. The molecule has 14 atom stereocenters. The number of hydrogen-bond donors (Lipinski definition) is 3. The molecule has 3 aliphatic heterocycles. The second-order valence-electron chi connectivity index (χ2n) is 16.7. The third-order valence-electron chi connectivity index (χ3n) is 12.6. The maximum Gasteiger partial charge on any atom is 0.329 e. The van der Waals surface area contributed by atoms with Gasteiger partial charge in [-0.3, -0.25) is 14.4 Å². The lowest BCUT2D eigenvalue weighted by atomic mass is 9.82. The van der Waals surface area contributed by atoms with Crippen molar-refractivity contribution in [1.29, 1.82) is 0 Å². The van der Waals surface area contributed by atoms with Crippen molar-refractivity contribution in [3.05, 3.63) is 36.5 Å². The molecule has 13 heteroatoms. The lowest BCUT2D eigenvalue weighted by Gasteiger charge is -2.47. The summed E-state index contributed by atoms with van der Waals surface area (Å²) in [6, 6.07) is -1.14. The molecule has 2 bridgehead atoms. The first-order valence-corrected chi connectivity index (χ1v) is 20.5. The number of ether oxygens (including phenoxy) is 5. The third kappa shape index (κ3) is 10.8. The number of aliphatic hydroxyl groups excluding tert-OH is 2. The summed E-state index contributed by atoms with van der Waals surface area (Å²) in [6.07, 6.45) is 6.76. The summed E-state index contributed by atoms with van der Waals surface area (Å²) in [4.78, 5) is 57.5. The van der Waals surface area contributed by atoms with Gasteiger partial charge in [0.2, 0.25) is 5.79 Å². The van der Waals surface area contributed by atoms with Gasteiger partial charge in [0, 0.05) is 52.0 Å². The Kier molecular flexibility index (Phi) is 17.0. The van der Waals surface area contributed by atoms with Gasteiger partial charge in [0.15, 0.2) is 0 Å². The highest BCUT2D eigenvalue weighted by atomic mass is 16.7. The van der Waals surface area contributed by atoms with E-state index in [0.29, 0.717) is 56.9 Å². The van der Waals surface area contributed by atoms with Gasteiger partial charge in [-0.1, -0.05) is 45.1 Å². The average Bonchev–Trinajstić information content (AvgIpc) is 3.18. The minimum atomic E-state index is -2.51. The van der Waals surface area contributed by atoms with Gasteiger partial charge < -0.3 is 43.9 Å². The standard InChI is InChI=1S/C43H67NO12/c1-9-13-30-15-12-14-25(2)20-36(53-7)39-37(54-8)22-27(4)43(51,56-39)40(48)41(49)44-19-11-10-16-31(44)42(50)55-38(28(5)33(46)24-34(30)47)26(3)21-29-17-18-32(45)35(23-29)52-6/h9,12,15,21,25,27-33,35-39,45-46,51H,1,10-11,13-14,16-20,22-24H2,2-8H3/b15-12?,26-21+/t25-,27+,28+,29-,30+,31-,32+,33-,35+,36-,37-,38+,39+,43+/m0/s1. The lowest BCUT2D eigenvalue weighted by molar-refractivity contribution is -0.302. The summed E-state index contributed by atoms with van der Waals surface area (Å²) >= 11 is 0. The van der Waals surface area contributed by atoms with E-state index in [-0.39, 0.29) is 49.5 Å². The molecule has 0 aromatic heterocycles.